The SMILES string of the molecule is C[C@@H]1N[C@@H]2CCCCCCCCO[C@H]3CC[C@@H](CCCCCCCCO[C@H]1CC2)N[C@H]3C. The summed E-state index contributed by atoms with van der Waals surface area (Å²) in [6.07, 6.45) is 24.8. The van der Waals surface area contributed by atoms with E-state index in [9.17, 15) is 0 Å². The van der Waals surface area contributed by atoms with Crippen molar-refractivity contribution in [3.63, 3.8) is 0 Å². The molecule has 0 amide bonds. The Morgan fingerprint density at radius 2 is 0.812 bits per heavy atom. The lowest BCUT2D eigenvalue weighted by Crippen LogP contribution is -2.49. The Hall–Kier alpha value is -0.160. The maximum absolute atomic E-state index is 6.26. The van der Waals surface area contributed by atoms with Gasteiger partial charge in [0, 0.05) is 37.4 Å². The fourth-order valence-corrected chi connectivity index (χ4v) is 6.14. The minimum atomic E-state index is 0.428. The average molecular weight is 451 g/mol. The van der Waals surface area contributed by atoms with Crippen LogP contribution < -0.4 is 10.6 Å². The summed E-state index contributed by atoms with van der Waals surface area (Å²) in [6, 6.07) is 2.45. The van der Waals surface area contributed by atoms with E-state index >= 15 is 0 Å². The van der Waals surface area contributed by atoms with E-state index in [1.165, 1.54) is 116 Å². The molecule has 6 atom stereocenters. The number of rotatable bonds is 0. The second kappa shape index (κ2) is 15.7. The first-order valence-electron chi connectivity index (χ1n) is 14.5. The molecule has 0 radical (unpaired) electrons. The molecule has 0 unspecified atom stereocenters. The Labute approximate surface area is 199 Å². The summed E-state index contributed by atoms with van der Waals surface area (Å²) in [6.45, 7) is 6.56. The summed E-state index contributed by atoms with van der Waals surface area (Å²) >= 11 is 0. The Morgan fingerprint density at radius 3 is 1.22 bits per heavy atom. The average Bonchev–Trinajstić information content (AvgIpc) is 2.78. The summed E-state index contributed by atoms with van der Waals surface area (Å²) in [5.41, 5.74) is 0. The lowest BCUT2D eigenvalue weighted by molar-refractivity contribution is 0.000650. The van der Waals surface area contributed by atoms with Crippen molar-refractivity contribution in [2.24, 2.45) is 0 Å². The second-order valence-corrected chi connectivity index (χ2v) is 11.1. The molecule has 0 spiro atoms. The summed E-state index contributed by atoms with van der Waals surface area (Å²) in [5, 5.41) is 7.70. The molecule has 6 aliphatic rings. The van der Waals surface area contributed by atoms with Gasteiger partial charge in [0.25, 0.3) is 0 Å². The van der Waals surface area contributed by atoms with E-state index in [2.05, 4.69) is 24.5 Å². The summed E-state index contributed by atoms with van der Waals surface area (Å²) < 4.78 is 12.5. The maximum Gasteiger partial charge on any atom is 0.0725 e. The molecule has 188 valence electrons. The van der Waals surface area contributed by atoms with Crippen LogP contribution in [0.2, 0.25) is 0 Å². The fraction of sp³-hybridized carbons (Fsp3) is 1.00. The third kappa shape index (κ3) is 9.99. The topological polar surface area (TPSA) is 42.5 Å². The van der Waals surface area contributed by atoms with Gasteiger partial charge in [0.2, 0.25) is 0 Å². The van der Waals surface area contributed by atoms with Crippen LogP contribution in [-0.4, -0.2) is 49.6 Å². The first-order valence-corrected chi connectivity index (χ1v) is 14.5. The minimum absolute atomic E-state index is 0.428. The van der Waals surface area contributed by atoms with Crippen LogP contribution in [0.25, 0.3) is 0 Å². The van der Waals surface area contributed by atoms with Gasteiger partial charge >= 0.3 is 0 Å². The van der Waals surface area contributed by atoms with Crippen LogP contribution >= 0.6 is 0 Å². The zero-order valence-corrected chi connectivity index (χ0v) is 21.4. The quantitative estimate of drug-likeness (QED) is 0.441. The lowest BCUT2D eigenvalue weighted by atomic mass is 9.93. The monoisotopic (exact) mass is 450 g/mol. The summed E-state index contributed by atoms with van der Waals surface area (Å²) in [7, 11) is 0. The Morgan fingerprint density at radius 1 is 0.438 bits per heavy atom. The molecule has 6 heterocycles. The van der Waals surface area contributed by atoms with Crippen molar-refractivity contribution in [1.82, 2.24) is 10.6 Å². The van der Waals surface area contributed by atoms with Gasteiger partial charge in [-0.15, -0.1) is 0 Å². The zero-order chi connectivity index (χ0) is 22.4. The van der Waals surface area contributed by atoms with Crippen LogP contribution in [0.5, 0.6) is 0 Å². The second-order valence-electron chi connectivity index (χ2n) is 11.1. The number of nitrogens with one attached hydrogen (secondary N) is 2. The van der Waals surface area contributed by atoms with Crippen molar-refractivity contribution in [3.8, 4) is 0 Å². The van der Waals surface area contributed by atoms with Crippen LogP contribution in [0.1, 0.15) is 129 Å². The largest absolute Gasteiger partial charge is 0.377 e. The number of hydrogen-bond donors (Lipinski definition) is 2. The fourth-order valence-electron chi connectivity index (χ4n) is 6.14. The van der Waals surface area contributed by atoms with Crippen molar-refractivity contribution in [2.45, 2.75) is 166 Å². The summed E-state index contributed by atoms with van der Waals surface area (Å²) in [4.78, 5) is 0. The van der Waals surface area contributed by atoms with Gasteiger partial charge < -0.3 is 20.1 Å². The van der Waals surface area contributed by atoms with Crippen LogP contribution in [0, 0.1) is 0 Å². The van der Waals surface area contributed by atoms with Gasteiger partial charge in [-0.05, 0) is 65.2 Å². The normalized spacial score (nSPS) is 38.4. The van der Waals surface area contributed by atoms with Crippen molar-refractivity contribution in [3.05, 3.63) is 0 Å². The molecule has 4 heteroatoms. The smallest absolute Gasteiger partial charge is 0.0725 e. The van der Waals surface area contributed by atoms with Gasteiger partial charge in [-0.25, -0.2) is 0 Å². The molecule has 6 saturated heterocycles. The van der Waals surface area contributed by atoms with Crippen LogP contribution in [-0.2, 0) is 9.47 Å². The number of hydrogen-bond acceptors (Lipinski definition) is 4. The van der Waals surface area contributed by atoms with E-state index in [1.807, 2.05) is 0 Å². The molecule has 0 aromatic heterocycles. The standard InChI is InChI=1S/C28H54N2O2/c1-23-27-19-17-25(29-23)15-11-7-3-6-10-14-22-32-28-20-18-26(30-24(28)2)16-12-8-4-5-9-13-21-31-27/h23-30H,3-22H2,1-2H3/t23-,24-,25+,26+,27-,28-/m0/s1. The van der Waals surface area contributed by atoms with Gasteiger partial charge in [-0.1, -0.05) is 64.2 Å². The van der Waals surface area contributed by atoms with E-state index in [1.54, 1.807) is 0 Å². The highest BCUT2D eigenvalue weighted by molar-refractivity contribution is 4.86. The van der Waals surface area contributed by atoms with Crippen LogP contribution in [0.15, 0.2) is 0 Å². The van der Waals surface area contributed by atoms with Crippen LogP contribution in [0.3, 0.4) is 0 Å². The van der Waals surface area contributed by atoms with E-state index in [0.717, 1.165) is 13.2 Å². The van der Waals surface area contributed by atoms with Crippen molar-refractivity contribution < 1.29 is 9.47 Å². The van der Waals surface area contributed by atoms with Gasteiger partial charge in [0.1, 0.15) is 0 Å². The van der Waals surface area contributed by atoms with E-state index in [0.29, 0.717) is 36.4 Å². The van der Waals surface area contributed by atoms with Gasteiger partial charge in [-0.3, -0.25) is 0 Å². The molecular weight excluding hydrogens is 396 g/mol. The Balaban J connectivity index is 1.36. The Bertz CT molecular complexity index is 432. The first-order chi connectivity index (χ1) is 15.7. The number of piperidine rings is 2. The van der Waals surface area contributed by atoms with E-state index in [4.69, 9.17) is 9.47 Å². The van der Waals surface area contributed by atoms with Gasteiger partial charge in [0.15, 0.2) is 0 Å². The molecular formula is C28H54N2O2. The van der Waals surface area contributed by atoms with Gasteiger partial charge in [0.05, 0.1) is 12.2 Å². The third-order valence-electron chi connectivity index (χ3n) is 8.27. The van der Waals surface area contributed by atoms with Gasteiger partial charge in [-0.2, -0.15) is 0 Å². The highest BCUT2D eigenvalue weighted by Crippen LogP contribution is 2.23. The Kier molecular flexibility index (Phi) is 13.0. The molecule has 0 aliphatic carbocycles. The highest BCUT2D eigenvalue weighted by atomic mass is 16.5. The molecule has 6 aliphatic heterocycles. The molecule has 0 aromatic rings. The molecule has 6 fully saturated rings. The molecule has 32 heavy (non-hydrogen) atoms. The predicted molar refractivity (Wildman–Crippen MR) is 135 cm³/mol. The molecule has 0 aromatic carbocycles. The maximum atomic E-state index is 6.26. The zero-order valence-electron chi connectivity index (χ0n) is 21.4. The molecule has 2 N–H and O–H groups in total. The molecule has 4 bridgehead atoms. The predicted octanol–water partition coefficient (Wildman–Crippen LogP) is 6.51. The molecule has 4 nitrogen and oxygen atoms in total. The van der Waals surface area contributed by atoms with E-state index in [-0.39, 0.29) is 0 Å². The van der Waals surface area contributed by atoms with E-state index < -0.39 is 0 Å². The third-order valence-corrected chi connectivity index (χ3v) is 8.27. The van der Waals surface area contributed by atoms with Crippen LogP contribution in [0.4, 0.5) is 0 Å². The van der Waals surface area contributed by atoms with Crippen molar-refractivity contribution in [2.75, 3.05) is 13.2 Å². The minimum Gasteiger partial charge on any atom is -0.377 e. The lowest BCUT2D eigenvalue weighted by Gasteiger charge is -2.36. The highest BCUT2D eigenvalue weighted by Gasteiger charge is 2.28. The molecule has 0 saturated carbocycles. The first kappa shape index (κ1) is 26.4. The van der Waals surface area contributed by atoms with Crippen molar-refractivity contribution in [1.29, 1.82) is 0 Å². The molecule has 6 rings (SSSR count). The van der Waals surface area contributed by atoms with Crippen molar-refractivity contribution >= 4 is 0 Å². The summed E-state index contributed by atoms with van der Waals surface area (Å²) in [5.74, 6) is 0. The number of ether oxygens (including phenoxy) is 2.